The standard InChI is InChI=1S/C28H32N4O7/c1-16(2)14-23(26(35)29-17(3)30-28(37)39-32-24(33)12-13-25(32)34)31-27(36)38-15-22-20-10-6-4-8-18(20)19-9-5-7-11-21(19)22/h4-11,16-17,22-23H,12-15H2,1-3H3,(H,29,35)(H,30,37)(H,31,36)/t17-,23+/m1/s1. The molecule has 1 saturated heterocycles. The molecule has 1 fully saturated rings. The van der Waals surface area contributed by atoms with E-state index in [1.54, 1.807) is 0 Å². The van der Waals surface area contributed by atoms with Crippen molar-refractivity contribution in [3.63, 3.8) is 0 Å². The maximum Gasteiger partial charge on any atom is 0.433 e. The van der Waals surface area contributed by atoms with Gasteiger partial charge in [-0.05, 0) is 41.5 Å². The number of hydrogen-bond donors (Lipinski definition) is 3. The highest BCUT2D eigenvalue weighted by atomic mass is 16.7. The lowest BCUT2D eigenvalue weighted by Crippen LogP contribution is -2.54. The number of ether oxygens (including phenoxy) is 1. The van der Waals surface area contributed by atoms with Crippen molar-refractivity contribution >= 4 is 29.9 Å². The van der Waals surface area contributed by atoms with Gasteiger partial charge in [-0.3, -0.25) is 19.7 Å². The molecule has 39 heavy (non-hydrogen) atoms. The number of amides is 5. The molecule has 2 atom stereocenters. The molecule has 0 unspecified atom stereocenters. The van der Waals surface area contributed by atoms with Crippen molar-refractivity contribution < 1.29 is 33.5 Å². The van der Waals surface area contributed by atoms with E-state index in [4.69, 9.17) is 9.57 Å². The van der Waals surface area contributed by atoms with Gasteiger partial charge in [-0.1, -0.05) is 62.4 Å². The second-order valence-corrected chi connectivity index (χ2v) is 9.99. The molecule has 0 radical (unpaired) electrons. The summed E-state index contributed by atoms with van der Waals surface area (Å²) in [5, 5.41) is 7.96. The molecule has 0 spiro atoms. The number of rotatable bonds is 9. The summed E-state index contributed by atoms with van der Waals surface area (Å²) in [6.07, 6.45) is -2.46. The molecule has 2 aromatic rings. The third-order valence-electron chi connectivity index (χ3n) is 6.53. The van der Waals surface area contributed by atoms with Crippen molar-refractivity contribution in [3.05, 3.63) is 59.7 Å². The lowest BCUT2D eigenvalue weighted by atomic mass is 9.98. The average Bonchev–Trinajstić information content (AvgIpc) is 3.38. The smallest absolute Gasteiger partial charge is 0.433 e. The molecule has 1 aliphatic heterocycles. The van der Waals surface area contributed by atoms with Gasteiger partial charge in [0.25, 0.3) is 11.8 Å². The van der Waals surface area contributed by atoms with Gasteiger partial charge < -0.3 is 20.2 Å². The Morgan fingerprint density at radius 1 is 0.846 bits per heavy atom. The maximum absolute atomic E-state index is 13.0. The topological polar surface area (TPSA) is 143 Å². The van der Waals surface area contributed by atoms with Crippen LogP contribution < -0.4 is 16.0 Å². The van der Waals surface area contributed by atoms with Crippen LogP contribution in [0.3, 0.4) is 0 Å². The monoisotopic (exact) mass is 536 g/mol. The SMILES string of the molecule is CC(C)C[C@H](NC(=O)OCC1c2ccccc2-c2ccccc21)C(=O)N[C@@H](C)NC(=O)ON1C(=O)CCC1=O. The van der Waals surface area contributed by atoms with Crippen LogP contribution in [0.5, 0.6) is 0 Å². The van der Waals surface area contributed by atoms with E-state index >= 15 is 0 Å². The van der Waals surface area contributed by atoms with Crippen molar-refractivity contribution in [1.82, 2.24) is 21.0 Å². The van der Waals surface area contributed by atoms with E-state index < -0.39 is 42.1 Å². The molecule has 1 aliphatic carbocycles. The van der Waals surface area contributed by atoms with E-state index in [0.717, 1.165) is 22.3 Å². The van der Waals surface area contributed by atoms with Gasteiger partial charge in [0.05, 0.1) is 0 Å². The van der Waals surface area contributed by atoms with Crippen LogP contribution in [0.15, 0.2) is 48.5 Å². The molecule has 0 bridgehead atoms. The number of nitrogens with one attached hydrogen (secondary N) is 3. The molecule has 206 valence electrons. The molecule has 2 aliphatic rings. The Balaban J connectivity index is 1.32. The highest BCUT2D eigenvalue weighted by Crippen LogP contribution is 2.44. The summed E-state index contributed by atoms with van der Waals surface area (Å²) in [5.41, 5.74) is 4.37. The minimum absolute atomic E-state index is 0.0309. The van der Waals surface area contributed by atoms with Crippen LogP contribution >= 0.6 is 0 Å². The Morgan fingerprint density at radius 3 is 1.97 bits per heavy atom. The van der Waals surface area contributed by atoms with Gasteiger partial charge in [-0.25, -0.2) is 9.59 Å². The first kappa shape index (κ1) is 27.6. The first-order chi connectivity index (χ1) is 18.6. The number of nitrogens with zero attached hydrogens (tertiary/aromatic N) is 1. The number of alkyl carbamates (subject to hydrolysis) is 1. The second-order valence-electron chi connectivity index (χ2n) is 9.99. The Bertz CT molecular complexity index is 1220. The number of hydrogen-bond acceptors (Lipinski definition) is 7. The first-order valence-corrected chi connectivity index (χ1v) is 12.9. The average molecular weight is 537 g/mol. The summed E-state index contributed by atoms with van der Waals surface area (Å²) >= 11 is 0. The lowest BCUT2D eigenvalue weighted by molar-refractivity contribution is -0.171. The Hall–Kier alpha value is -4.41. The third kappa shape index (κ3) is 6.54. The summed E-state index contributed by atoms with van der Waals surface area (Å²) < 4.78 is 5.58. The minimum Gasteiger partial charge on any atom is -0.449 e. The zero-order chi connectivity index (χ0) is 28.1. The molecule has 0 saturated carbocycles. The molecule has 11 nitrogen and oxygen atoms in total. The van der Waals surface area contributed by atoms with Crippen molar-refractivity contribution in [3.8, 4) is 11.1 Å². The Morgan fingerprint density at radius 2 is 1.41 bits per heavy atom. The zero-order valence-corrected chi connectivity index (χ0v) is 22.1. The number of hydroxylamine groups is 2. The van der Waals surface area contributed by atoms with E-state index in [-0.39, 0.29) is 31.3 Å². The predicted octanol–water partition coefficient (Wildman–Crippen LogP) is 3.19. The highest BCUT2D eigenvalue weighted by molar-refractivity contribution is 6.01. The van der Waals surface area contributed by atoms with Gasteiger partial charge in [0.2, 0.25) is 5.91 Å². The van der Waals surface area contributed by atoms with Gasteiger partial charge in [0.1, 0.15) is 18.8 Å². The van der Waals surface area contributed by atoms with Crippen LogP contribution in [0.1, 0.15) is 57.1 Å². The number of carbonyl (C=O) groups is 5. The second kappa shape index (κ2) is 12.0. The molecule has 2 aromatic carbocycles. The van der Waals surface area contributed by atoms with Crippen LogP contribution in [-0.2, 0) is 24.0 Å². The molecule has 1 heterocycles. The normalized spacial score (nSPS) is 15.8. The number of benzene rings is 2. The van der Waals surface area contributed by atoms with E-state index in [1.807, 2.05) is 62.4 Å². The van der Waals surface area contributed by atoms with Crippen molar-refractivity contribution in [1.29, 1.82) is 0 Å². The van der Waals surface area contributed by atoms with Crippen molar-refractivity contribution in [2.24, 2.45) is 5.92 Å². The summed E-state index contributed by atoms with van der Waals surface area (Å²) in [5.74, 6) is -1.83. The predicted molar refractivity (Wildman–Crippen MR) is 140 cm³/mol. The fourth-order valence-corrected chi connectivity index (χ4v) is 4.78. The molecule has 5 amide bonds. The first-order valence-electron chi connectivity index (χ1n) is 12.9. The quantitative estimate of drug-likeness (QED) is 0.330. The van der Waals surface area contributed by atoms with Gasteiger partial charge >= 0.3 is 12.2 Å². The van der Waals surface area contributed by atoms with Crippen LogP contribution in [0, 0.1) is 5.92 Å². The lowest BCUT2D eigenvalue weighted by Gasteiger charge is -2.23. The number of carbonyl (C=O) groups excluding carboxylic acids is 5. The van der Waals surface area contributed by atoms with Gasteiger partial charge in [-0.2, -0.15) is 0 Å². The van der Waals surface area contributed by atoms with E-state index in [1.165, 1.54) is 6.92 Å². The Kier molecular flexibility index (Phi) is 8.48. The highest BCUT2D eigenvalue weighted by Gasteiger charge is 2.34. The third-order valence-corrected chi connectivity index (χ3v) is 6.53. The molecule has 3 N–H and O–H groups in total. The van der Waals surface area contributed by atoms with Crippen molar-refractivity contribution in [2.75, 3.05) is 6.61 Å². The summed E-state index contributed by atoms with van der Waals surface area (Å²) in [7, 11) is 0. The molecular formula is C28H32N4O7. The largest absolute Gasteiger partial charge is 0.449 e. The van der Waals surface area contributed by atoms with E-state index in [2.05, 4.69) is 16.0 Å². The zero-order valence-electron chi connectivity index (χ0n) is 22.1. The van der Waals surface area contributed by atoms with E-state index in [0.29, 0.717) is 11.5 Å². The van der Waals surface area contributed by atoms with Gasteiger partial charge in [-0.15, -0.1) is 5.06 Å². The minimum atomic E-state index is -1.07. The van der Waals surface area contributed by atoms with Crippen molar-refractivity contribution in [2.45, 2.75) is 58.2 Å². The van der Waals surface area contributed by atoms with Gasteiger partial charge in [0, 0.05) is 18.8 Å². The summed E-state index contributed by atoms with van der Waals surface area (Å²) in [6.45, 7) is 5.39. The molecular weight excluding hydrogens is 504 g/mol. The molecule has 0 aromatic heterocycles. The number of fused-ring (bicyclic) bond motifs is 3. The van der Waals surface area contributed by atoms with E-state index in [9.17, 15) is 24.0 Å². The van der Waals surface area contributed by atoms with Crippen LogP contribution in [0.25, 0.3) is 11.1 Å². The summed E-state index contributed by atoms with van der Waals surface area (Å²) in [4.78, 5) is 65.8. The van der Waals surface area contributed by atoms with Gasteiger partial charge in [0.15, 0.2) is 0 Å². The number of imide groups is 1. The van der Waals surface area contributed by atoms with Crippen LogP contribution in [-0.4, -0.2) is 53.8 Å². The molecule has 11 heteroatoms. The Labute approximate surface area is 226 Å². The van der Waals surface area contributed by atoms with Crippen LogP contribution in [0.2, 0.25) is 0 Å². The van der Waals surface area contributed by atoms with Crippen LogP contribution in [0.4, 0.5) is 9.59 Å². The maximum atomic E-state index is 13.0. The fraction of sp³-hybridized carbons (Fsp3) is 0.393. The fourth-order valence-electron chi connectivity index (χ4n) is 4.78. The summed E-state index contributed by atoms with van der Waals surface area (Å²) in [6, 6.07) is 15.0. The molecule has 4 rings (SSSR count).